The summed E-state index contributed by atoms with van der Waals surface area (Å²) >= 11 is 11.5. The standard InChI is InChI=1S/C14H9Cl2F3N4O2/c15-4-3-12(24)22-13-8(6-20)7-21-23(13)11-2-1-9(5-10(11)16)25-14(17,18)19/h1-2,5,7H,3-4H2,(H,22,24). The van der Waals surface area contributed by atoms with Crippen LogP contribution in [0.15, 0.2) is 24.4 Å². The summed E-state index contributed by atoms with van der Waals surface area (Å²) in [7, 11) is 0. The van der Waals surface area contributed by atoms with Crippen LogP contribution in [-0.2, 0) is 4.79 Å². The first-order valence-electron chi connectivity index (χ1n) is 6.64. The van der Waals surface area contributed by atoms with Crippen LogP contribution in [0.4, 0.5) is 19.0 Å². The van der Waals surface area contributed by atoms with Gasteiger partial charge in [-0.1, -0.05) is 11.6 Å². The molecule has 0 aliphatic rings. The van der Waals surface area contributed by atoms with Crippen LogP contribution < -0.4 is 10.1 Å². The van der Waals surface area contributed by atoms with Crippen LogP contribution in [0.3, 0.4) is 0 Å². The van der Waals surface area contributed by atoms with Gasteiger partial charge in [0.15, 0.2) is 5.82 Å². The number of carbonyl (C=O) groups is 1. The molecule has 1 aromatic heterocycles. The molecule has 0 saturated carbocycles. The smallest absolute Gasteiger partial charge is 0.406 e. The third-order valence-electron chi connectivity index (χ3n) is 2.85. The summed E-state index contributed by atoms with van der Waals surface area (Å²) in [4.78, 5) is 11.7. The molecule has 0 atom stereocenters. The Kier molecular flexibility index (Phi) is 5.77. The fourth-order valence-electron chi connectivity index (χ4n) is 1.87. The first-order chi connectivity index (χ1) is 11.7. The zero-order chi connectivity index (χ0) is 18.6. The van der Waals surface area contributed by atoms with Gasteiger partial charge in [-0.2, -0.15) is 10.4 Å². The second-order valence-electron chi connectivity index (χ2n) is 4.58. The fraction of sp³-hybridized carbons (Fsp3) is 0.214. The predicted molar refractivity (Wildman–Crippen MR) is 83.9 cm³/mol. The molecule has 1 N–H and O–H groups in total. The van der Waals surface area contributed by atoms with Crippen molar-refractivity contribution in [2.24, 2.45) is 0 Å². The van der Waals surface area contributed by atoms with Crippen molar-refractivity contribution < 1.29 is 22.7 Å². The van der Waals surface area contributed by atoms with E-state index < -0.39 is 18.0 Å². The maximum Gasteiger partial charge on any atom is 0.573 e. The molecule has 0 fully saturated rings. The normalized spacial score (nSPS) is 11.0. The van der Waals surface area contributed by atoms with Gasteiger partial charge >= 0.3 is 6.36 Å². The summed E-state index contributed by atoms with van der Waals surface area (Å²) < 4.78 is 41.7. The van der Waals surface area contributed by atoms with Gasteiger partial charge in [0.2, 0.25) is 5.91 Å². The molecule has 0 radical (unpaired) electrons. The van der Waals surface area contributed by atoms with E-state index in [1.165, 1.54) is 12.3 Å². The third-order valence-corrected chi connectivity index (χ3v) is 3.34. The van der Waals surface area contributed by atoms with Gasteiger partial charge in [-0.3, -0.25) is 4.79 Å². The van der Waals surface area contributed by atoms with E-state index >= 15 is 0 Å². The number of anilines is 1. The van der Waals surface area contributed by atoms with E-state index in [-0.39, 0.29) is 34.4 Å². The van der Waals surface area contributed by atoms with E-state index in [0.717, 1.165) is 16.8 Å². The van der Waals surface area contributed by atoms with Crippen molar-refractivity contribution in [3.63, 3.8) is 0 Å². The van der Waals surface area contributed by atoms with Gasteiger partial charge in [0.05, 0.1) is 16.9 Å². The Labute approximate surface area is 149 Å². The fourth-order valence-corrected chi connectivity index (χ4v) is 2.29. The van der Waals surface area contributed by atoms with E-state index in [2.05, 4.69) is 15.2 Å². The summed E-state index contributed by atoms with van der Waals surface area (Å²) in [5.74, 6) is -0.862. The lowest BCUT2D eigenvalue weighted by Gasteiger charge is -2.13. The molecule has 0 saturated heterocycles. The SMILES string of the molecule is N#Cc1cnn(-c2ccc(OC(F)(F)F)cc2Cl)c1NC(=O)CCCl. The Morgan fingerprint density at radius 2 is 2.16 bits per heavy atom. The molecule has 25 heavy (non-hydrogen) atoms. The number of rotatable bonds is 5. The Balaban J connectivity index is 2.40. The third kappa shape index (κ3) is 4.78. The lowest BCUT2D eigenvalue weighted by Crippen LogP contribution is -2.17. The van der Waals surface area contributed by atoms with Gasteiger partial charge in [0, 0.05) is 18.4 Å². The Bertz CT molecular complexity index is 830. The van der Waals surface area contributed by atoms with Crippen molar-refractivity contribution in [1.82, 2.24) is 9.78 Å². The first kappa shape index (κ1) is 18.9. The van der Waals surface area contributed by atoms with Gasteiger partial charge in [0.1, 0.15) is 17.4 Å². The molecule has 1 aromatic carbocycles. The van der Waals surface area contributed by atoms with Crippen LogP contribution in [0, 0.1) is 11.3 Å². The van der Waals surface area contributed by atoms with E-state index in [9.17, 15) is 18.0 Å². The summed E-state index contributed by atoms with van der Waals surface area (Å²) in [6, 6.07) is 5.05. The van der Waals surface area contributed by atoms with E-state index in [1.807, 2.05) is 6.07 Å². The highest BCUT2D eigenvalue weighted by atomic mass is 35.5. The topological polar surface area (TPSA) is 79.9 Å². The number of hydrogen-bond donors (Lipinski definition) is 1. The van der Waals surface area contributed by atoms with Crippen molar-refractivity contribution in [3.05, 3.63) is 35.0 Å². The maximum atomic E-state index is 12.2. The number of nitrogens with zero attached hydrogens (tertiary/aromatic N) is 3. The number of amides is 1. The Hall–Kier alpha value is -2.44. The van der Waals surface area contributed by atoms with Crippen LogP contribution >= 0.6 is 23.2 Å². The maximum absolute atomic E-state index is 12.2. The van der Waals surface area contributed by atoms with Crippen molar-refractivity contribution in [2.45, 2.75) is 12.8 Å². The highest BCUT2D eigenvalue weighted by molar-refractivity contribution is 6.32. The van der Waals surface area contributed by atoms with E-state index in [4.69, 9.17) is 28.5 Å². The molecular weight excluding hydrogens is 384 g/mol. The van der Waals surface area contributed by atoms with Crippen LogP contribution in [0.2, 0.25) is 5.02 Å². The highest BCUT2D eigenvalue weighted by Crippen LogP contribution is 2.31. The molecule has 11 heteroatoms. The Morgan fingerprint density at radius 3 is 2.72 bits per heavy atom. The predicted octanol–water partition coefficient (Wildman–Crippen LogP) is 3.86. The second kappa shape index (κ2) is 7.63. The Morgan fingerprint density at radius 1 is 1.44 bits per heavy atom. The van der Waals surface area contributed by atoms with Gasteiger partial charge in [-0.05, 0) is 12.1 Å². The zero-order valence-corrected chi connectivity index (χ0v) is 13.8. The molecule has 0 spiro atoms. The monoisotopic (exact) mass is 392 g/mol. The first-order valence-corrected chi connectivity index (χ1v) is 7.56. The number of carbonyl (C=O) groups excluding carboxylic acids is 1. The zero-order valence-electron chi connectivity index (χ0n) is 12.3. The number of halogens is 5. The number of nitrogens with one attached hydrogen (secondary N) is 1. The molecule has 0 unspecified atom stereocenters. The van der Waals surface area contributed by atoms with Gasteiger partial charge in [-0.25, -0.2) is 4.68 Å². The van der Waals surface area contributed by atoms with Gasteiger partial charge in [-0.15, -0.1) is 24.8 Å². The van der Waals surface area contributed by atoms with Crippen molar-refractivity contribution in [3.8, 4) is 17.5 Å². The van der Waals surface area contributed by atoms with E-state index in [0.29, 0.717) is 0 Å². The molecule has 1 amide bonds. The largest absolute Gasteiger partial charge is 0.573 e. The molecule has 0 aliphatic carbocycles. The van der Waals surface area contributed by atoms with Crippen molar-refractivity contribution in [1.29, 1.82) is 5.26 Å². The molecule has 2 aromatic rings. The van der Waals surface area contributed by atoms with Crippen LogP contribution in [0.25, 0.3) is 5.69 Å². The van der Waals surface area contributed by atoms with Crippen LogP contribution in [0.1, 0.15) is 12.0 Å². The molecule has 0 aliphatic heterocycles. The minimum Gasteiger partial charge on any atom is -0.406 e. The van der Waals surface area contributed by atoms with Gasteiger partial charge < -0.3 is 10.1 Å². The lowest BCUT2D eigenvalue weighted by molar-refractivity contribution is -0.274. The van der Waals surface area contributed by atoms with Crippen LogP contribution in [0.5, 0.6) is 5.75 Å². The molecule has 132 valence electrons. The lowest BCUT2D eigenvalue weighted by atomic mass is 10.3. The van der Waals surface area contributed by atoms with Gasteiger partial charge in [0.25, 0.3) is 0 Å². The molecule has 2 rings (SSSR count). The summed E-state index contributed by atoms with van der Waals surface area (Å²) in [5.41, 5.74) is 0.202. The number of hydrogen-bond acceptors (Lipinski definition) is 4. The summed E-state index contributed by atoms with van der Waals surface area (Å²) in [6.45, 7) is 0. The highest BCUT2D eigenvalue weighted by Gasteiger charge is 2.31. The average Bonchev–Trinajstić information content (AvgIpc) is 2.88. The molecular formula is C14H9Cl2F3N4O2. The number of benzene rings is 1. The van der Waals surface area contributed by atoms with Crippen LogP contribution in [-0.4, -0.2) is 27.9 Å². The second-order valence-corrected chi connectivity index (χ2v) is 5.36. The number of aromatic nitrogens is 2. The summed E-state index contributed by atoms with van der Waals surface area (Å²) in [6.07, 6.45) is -3.67. The molecule has 0 bridgehead atoms. The van der Waals surface area contributed by atoms with Crippen molar-refractivity contribution >= 4 is 34.9 Å². The quantitative estimate of drug-likeness (QED) is 0.783. The molecule has 6 nitrogen and oxygen atoms in total. The number of ether oxygens (including phenoxy) is 1. The number of alkyl halides is 4. The number of nitriles is 1. The van der Waals surface area contributed by atoms with Crippen molar-refractivity contribution in [2.75, 3.05) is 11.2 Å². The minimum absolute atomic E-state index is 0.00367. The van der Waals surface area contributed by atoms with E-state index in [1.54, 1.807) is 0 Å². The summed E-state index contributed by atoms with van der Waals surface area (Å²) in [5, 5.41) is 15.4. The minimum atomic E-state index is -4.86. The average molecular weight is 393 g/mol. The molecule has 1 heterocycles.